The van der Waals surface area contributed by atoms with Crippen molar-refractivity contribution in [2.45, 2.75) is 58.4 Å². The van der Waals surface area contributed by atoms with Gasteiger partial charge in [0.25, 0.3) is 0 Å². The Balaban J connectivity index is 1.80. The van der Waals surface area contributed by atoms with Crippen LogP contribution in [0.3, 0.4) is 0 Å². The minimum atomic E-state index is -1.62. The number of hydrogen-bond donors (Lipinski definition) is 2. The minimum Gasteiger partial charge on any atom is -0.507 e. The van der Waals surface area contributed by atoms with Gasteiger partial charge in [-0.3, -0.25) is 24.0 Å². The van der Waals surface area contributed by atoms with Crippen molar-refractivity contribution in [3.8, 4) is 40.1 Å². The Morgan fingerprint density at radius 1 is 0.766 bits per heavy atom. The molecule has 0 bridgehead atoms. The SMILES string of the molecule is COc1cc(-c2cc(=O)c3c(O)cc(O[C@@H]4O[C@H](COC(C)=O)[C@H](OC(C)=O)[C@H](OC(C)=O)[C@H]4OC(C)=O)cc3o2)cc(OC)c1O. The Kier molecular flexibility index (Phi) is 10.4. The summed E-state index contributed by atoms with van der Waals surface area (Å²) in [6.07, 6.45) is -7.38. The van der Waals surface area contributed by atoms with Crippen LogP contribution in [0, 0.1) is 0 Å². The van der Waals surface area contributed by atoms with Gasteiger partial charge in [-0.15, -0.1) is 0 Å². The normalized spacial score (nSPS) is 20.5. The number of carbonyl (C=O) groups excluding carboxylic acids is 4. The number of benzene rings is 2. The topological polar surface area (TPSA) is 213 Å². The number of hydrogen-bond acceptors (Lipinski definition) is 16. The number of esters is 4. The highest BCUT2D eigenvalue weighted by Crippen LogP contribution is 2.41. The van der Waals surface area contributed by atoms with E-state index in [0.717, 1.165) is 39.8 Å². The third-order valence-corrected chi connectivity index (χ3v) is 6.75. The maximum Gasteiger partial charge on any atom is 0.303 e. The van der Waals surface area contributed by atoms with Gasteiger partial charge in [0.2, 0.25) is 18.1 Å². The van der Waals surface area contributed by atoms with Crippen LogP contribution in [0.15, 0.2) is 39.5 Å². The van der Waals surface area contributed by atoms with E-state index < -0.39 is 72.4 Å². The van der Waals surface area contributed by atoms with Crippen LogP contribution in [0.5, 0.6) is 28.7 Å². The standard InChI is InChI=1S/C31H32O16/c1-13(32)41-12-25-28(42-14(2)33)29(43-15(3)34)30(44-16(4)35)31(47-25)45-18-9-19(36)26-20(37)11-21(46-22(26)10-18)17-7-23(39-5)27(38)24(8-17)40-6/h7-11,25,28-31,36,38H,12H2,1-6H3/t25-,28+,29+,30-,31-/m1/s1. The Morgan fingerprint density at radius 3 is 1.89 bits per heavy atom. The number of aromatic hydroxyl groups is 2. The lowest BCUT2D eigenvalue weighted by Crippen LogP contribution is -2.63. The molecule has 2 aromatic carbocycles. The summed E-state index contributed by atoms with van der Waals surface area (Å²) >= 11 is 0. The van der Waals surface area contributed by atoms with Gasteiger partial charge in [-0.25, -0.2) is 0 Å². The van der Waals surface area contributed by atoms with Crippen LogP contribution < -0.4 is 19.6 Å². The van der Waals surface area contributed by atoms with Crippen LogP contribution in [0.1, 0.15) is 27.7 Å². The molecule has 16 heteroatoms. The molecule has 1 fully saturated rings. The maximum absolute atomic E-state index is 13.1. The first-order chi connectivity index (χ1) is 22.2. The molecule has 5 atom stereocenters. The Bertz CT molecular complexity index is 1720. The number of phenols is 2. The molecule has 0 amide bonds. The van der Waals surface area contributed by atoms with E-state index in [1.165, 1.54) is 32.4 Å². The Hall–Kier alpha value is -5.51. The van der Waals surface area contributed by atoms with Crippen molar-refractivity contribution >= 4 is 34.8 Å². The molecule has 0 unspecified atom stereocenters. The number of ether oxygens (including phenoxy) is 8. The molecule has 16 nitrogen and oxygen atoms in total. The van der Waals surface area contributed by atoms with E-state index in [4.69, 9.17) is 42.3 Å². The van der Waals surface area contributed by atoms with Crippen LogP contribution in [0.25, 0.3) is 22.3 Å². The van der Waals surface area contributed by atoms with Crippen LogP contribution in [-0.4, -0.2) is 85.6 Å². The molecule has 4 rings (SSSR count). The summed E-state index contributed by atoms with van der Waals surface area (Å²) in [6.45, 7) is 3.87. The zero-order valence-corrected chi connectivity index (χ0v) is 26.1. The third kappa shape index (κ3) is 7.84. The second-order valence-electron chi connectivity index (χ2n) is 10.2. The van der Waals surface area contributed by atoms with Gasteiger partial charge >= 0.3 is 23.9 Å². The first kappa shape index (κ1) is 34.4. The summed E-state index contributed by atoms with van der Waals surface area (Å²) in [5, 5.41) is 20.9. The molecule has 2 heterocycles. The van der Waals surface area contributed by atoms with Crippen molar-refractivity contribution in [1.82, 2.24) is 0 Å². The second kappa shape index (κ2) is 14.3. The van der Waals surface area contributed by atoms with Crippen LogP contribution in [0.2, 0.25) is 0 Å². The predicted octanol–water partition coefficient (Wildman–Crippen LogP) is 2.35. The van der Waals surface area contributed by atoms with Gasteiger partial charge in [0.1, 0.15) is 40.9 Å². The van der Waals surface area contributed by atoms with Crippen molar-refractivity contribution in [1.29, 1.82) is 0 Å². The molecule has 47 heavy (non-hydrogen) atoms. The zero-order chi connectivity index (χ0) is 34.6. The quantitative estimate of drug-likeness (QED) is 0.236. The summed E-state index contributed by atoms with van der Waals surface area (Å²) in [5.74, 6) is -4.12. The summed E-state index contributed by atoms with van der Waals surface area (Å²) in [4.78, 5) is 60.9. The molecular weight excluding hydrogens is 628 g/mol. The van der Waals surface area contributed by atoms with Crippen molar-refractivity contribution in [3.05, 3.63) is 40.6 Å². The van der Waals surface area contributed by atoms with Crippen molar-refractivity contribution < 1.29 is 71.7 Å². The summed E-state index contributed by atoms with van der Waals surface area (Å²) in [7, 11) is 2.65. The largest absolute Gasteiger partial charge is 0.507 e. The highest BCUT2D eigenvalue weighted by atomic mass is 16.7. The summed E-state index contributed by atoms with van der Waals surface area (Å²) in [5.41, 5.74) is -0.511. The second-order valence-corrected chi connectivity index (χ2v) is 10.2. The summed E-state index contributed by atoms with van der Waals surface area (Å²) < 4.78 is 49.4. The highest BCUT2D eigenvalue weighted by Gasteiger charge is 2.53. The fourth-order valence-electron chi connectivity index (χ4n) is 4.91. The lowest BCUT2D eigenvalue weighted by molar-refractivity contribution is -0.288. The Morgan fingerprint density at radius 2 is 1.34 bits per heavy atom. The molecule has 1 aliphatic heterocycles. The fraction of sp³-hybridized carbons (Fsp3) is 0.387. The van der Waals surface area contributed by atoms with Gasteiger partial charge < -0.3 is 52.5 Å². The van der Waals surface area contributed by atoms with Crippen molar-refractivity contribution in [2.75, 3.05) is 20.8 Å². The van der Waals surface area contributed by atoms with E-state index in [1.807, 2.05) is 0 Å². The summed E-state index contributed by atoms with van der Waals surface area (Å²) in [6, 6.07) is 6.23. The van der Waals surface area contributed by atoms with Crippen molar-refractivity contribution in [3.63, 3.8) is 0 Å². The highest BCUT2D eigenvalue weighted by molar-refractivity contribution is 5.86. The zero-order valence-electron chi connectivity index (χ0n) is 26.1. The number of phenolic OH excluding ortho intramolecular Hbond substituents is 2. The number of carbonyl (C=O) groups is 4. The Labute approximate surface area is 266 Å². The average Bonchev–Trinajstić information content (AvgIpc) is 2.98. The molecule has 0 saturated carbocycles. The first-order valence-electron chi connectivity index (χ1n) is 14.0. The molecule has 2 N–H and O–H groups in total. The van der Waals surface area contributed by atoms with Gasteiger partial charge in [0.05, 0.1) is 14.2 Å². The lowest BCUT2D eigenvalue weighted by Gasteiger charge is -2.43. The molecule has 0 radical (unpaired) electrons. The maximum atomic E-state index is 13.1. The molecule has 1 saturated heterocycles. The molecule has 0 spiro atoms. The predicted molar refractivity (Wildman–Crippen MR) is 157 cm³/mol. The molecule has 3 aromatic rings. The number of rotatable bonds is 10. The minimum absolute atomic E-state index is 0.00273. The average molecular weight is 661 g/mol. The lowest BCUT2D eigenvalue weighted by atomic mass is 9.98. The van der Waals surface area contributed by atoms with E-state index in [9.17, 15) is 34.2 Å². The molecule has 252 valence electrons. The van der Waals surface area contributed by atoms with E-state index in [-0.39, 0.29) is 45.3 Å². The van der Waals surface area contributed by atoms with Crippen LogP contribution in [-0.2, 0) is 42.9 Å². The van der Waals surface area contributed by atoms with Gasteiger partial charge in [-0.2, -0.15) is 0 Å². The van der Waals surface area contributed by atoms with Gasteiger partial charge in [-0.05, 0) is 12.1 Å². The number of fused-ring (bicyclic) bond motifs is 1. The van der Waals surface area contributed by atoms with E-state index in [0.29, 0.717) is 0 Å². The first-order valence-corrected chi connectivity index (χ1v) is 14.0. The van der Waals surface area contributed by atoms with Crippen LogP contribution >= 0.6 is 0 Å². The van der Waals surface area contributed by atoms with E-state index >= 15 is 0 Å². The molecule has 1 aliphatic rings. The van der Waals surface area contributed by atoms with Crippen LogP contribution in [0.4, 0.5) is 0 Å². The fourth-order valence-corrected chi connectivity index (χ4v) is 4.91. The number of methoxy groups -OCH3 is 2. The monoisotopic (exact) mass is 660 g/mol. The molecule has 1 aromatic heterocycles. The van der Waals surface area contributed by atoms with Gasteiger partial charge in [0.15, 0.2) is 29.1 Å². The smallest absolute Gasteiger partial charge is 0.303 e. The van der Waals surface area contributed by atoms with E-state index in [1.54, 1.807) is 0 Å². The van der Waals surface area contributed by atoms with Crippen molar-refractivity contribution in [2.24, 2.45) is 0 Å². The van der Waals surface area contributed by atoms with E-state index in [2.05, 4.69) is 0 Å². The third-order valence-electron chi connectivity index (χ3n) is 6.75. The molecule has 0 aliphatic carbocycles. The molecular formula is C31H32O16. The van der Waals surface area contributed by atoms with Gasteiger partial charge in [-0.1, -0.05) is 0 Å². The van der Waals surface area contributed by atoms with Gasteiger partial charge in [0, 0.05) is 51.5 Å².